The normalized spacial score (nSPS) is 19.8. The Morgan fingerprint density at radius 1 is 1.40 bits per heavy atom. The molecule has 1 fully saturated rings. The highest BCUT2D eigenvalue weighted by molar-refractivity contribution is 5.55. The van der Waals surface area contributed by atoms with Crippen LogP contribution in [0.5, 0.6) is 0 Å². The number of alkyl halides is 3. The fourth-order valence-corrected chi connectivity index (χ4v) is 2.69. The van der Waals surface area contributed by atoms with E-state index in [2.05, 4.69) is 6.92 Å². The molecule has 1 atom stereocenters. The summed E-state index contributed by atoms with van der Waals surface area (Å²) in [5.41, 5.74) is -0.587. The minimum absolute atomic E-state index is 0.315. The maximum atomic E-state index is 13.0. The van der Waals surface area contributed by atoms with Crippen LogP contribution < -0.4 is 4.90 Å². The molecule has 0 radical (unpaired) electrons. The van der Waals surface area contributed by atoms with Gasteiger partial charge in [0.25, 0.3) is 0 Å². The van der Waals surface area contributed by atoms with Crippen LogP contribution in [0.2, 0.25) is 0 Å². The topological polar surface area (TPSA) is 27.0 Å². The highest BCUT2D eigenvalue weighted by Crippen LogP contribution is 2.35. The van der Waals surface area contributed by atoms with E-state index in [1.807, 2.05) is 4.90 Å². The summed E-state index contributed by atoms with van der Waals surface area (Å²) in [6.07, 6.45) is -1.31. The SMILES string of the molecule is CCC1CCCN(c2ccc(C#N)c(C(F)(F)F)c2)C1. The number of nitrogens with zero attached hydrogens (tertiary/aromatic N) is 2. The third-order valence-electron chi connectivity index (χ3n) is 3.89. The summed E-state index contributed by atoms with van der Waals surface area (Å²) in [4.78, 5) is 1.99. The fraction of sp³-hybridized carbons (Fsp3) is 0.533. The van der Waals surface area contributed by atoms with Crippen LogP contribution >= 0.6 is 0 Å². The Morgan fingerprint density at radius 3 is 2.75 bits per heavy atom. The quantitative estimate of drug-likeness (QED) is 0.812. The van der Waals surface area contributed by atoms with Gasteiger partial charge in [-0.3, -0.25) is 0 Å². The Bertz CT molecular complexity index is 517. The van der Waals surface area contributed by atoms with E-state index in [1.165, 1.54) is 6.07 Å². The molecule has 0 aromatic heterocycles. The molecule has 1 heterocycles. The van der Waals surface area contributed by atoms with E-state index in [1.54, 1.807) is 12.1 Å². The van der Waals surface area contributed by atoms with E-state index in [0.717, 1.165) is 38.4 Å². The first-order valence-electron chi connectivity index (χ1n) is 6.82. The van der Waals surface area contributed by atoms with Crippen molar-refractivity contribution in [1.29, 1.82) is 5.26 Å². The molecule has 2 nitrogen and oxygen atoms in total. The second-order valence-electron chi connectivity index (χ2n) is 5.20. The molecular formula is C15H17F3N2. The molecule has 0 bridgehead atoms. The lowest BCUT2D eigenvalue weighted by Gasteiger charge is -2.34. The average Bonchev–Trinajstić information content (AvgIpc) is 2.45. The molecule has 0 saturated carbocycles. The molecular weight excluding hydrogens is 265 g/mol. The second kappa shape index (κ2) is 5.74. The summed E-state index contributed by atoms with van der Waals surface area (Å²) in [5, 5.41) is 8.80. The van der Waals surface area contributed by atoms with Crippen molar-refractivity contribution in [1.82, 2.24) is 0 Å². The maximum absolute atomic E-state index is 13.0. The summed E-state index contributed by atoms with van der Waals surface area (Å²) in [6.45, 7) is 3.67. The Morgan fingerprint density at radius 2 is 2.15 bits per heavy atom. The van der Waals surface area contributed by atoms with E-state index >= 15 is 0 Å². The number of piperidine rings is 1. The van der Waals surface area contributed by atoms with Gasteiger partial charge in [-0.15, -0.1) is 0 Å². The lowest BCUT2D eigenvalue weighted by molar-refractivity contribution is -0.137. The van der Waals surface area contributed by atoms with E-state index < -0.39 is 11.7 Å². The number of anilines is 1. The first-order chi connectivity index (χ1) is 9.45. The minimum atomic E-state index is -4.49. The Kier molecular flexibility index (Phi) is 4.22. The van der Waals surface area contributed by atoms with Crippen molar-refractivity contribution in [2.75, 3.05) is 18.0 Å². The molecule has 2 rings (SSSR count). The highest BCUT2D eigenvalue weighted by Gasteiger charge is 2.34. The largest absolute Gasteiger partial charge is 0.417 e. The third kappa shape index (κ3) is 3.06. The summed E-state index contributed by atoms with van der Waals surface area (Å²) in [6, 6.07) is 5.61. The Hall–Kier alpha value is -1.70. The zero-order valence-corrected chi connectivity index (χ0v) is 11.4. The van der Waals surface area contributed by atoms with Gasteiger partial charge in [-0.25, -0.2) is 0 Å². The predicted octanol–water partition coefficient (Wildman–Crippen LogP) is 4.20. The van der Waals surface area contributed by atoms with Gasteiger partial charge in [0.2, 0.25) is 0 Å². The number of halogens is 3. The lowest BCUT2D eigenvalue weighted by Crippen LogP contribution is -2.35. The molecule has 0 amide bonds. The zero-order valence-electron chi connectivity index (χ0n) is 11.4. The molecule has 108 valence electrons. The monoisotopic (exact) mass is 282 g/mol. The molecule has 1 aromatic rings. The van der Waals surface area contributed by atoms with E-state index in [9.17, 15) is 13.2 Å². The standard InChI is InChI=1S/C15H17F3N2/c1-2-11-4-3-7-20(10-11)13-6-5-12(9-19)14(8-13)15(16,17)18/h5-6,8,11H,2-4,7,10H2,1H3. The predicted molar refractivity (Wildman–Crippen MR) is 71.4 cm³/mol. The molecule has 1 saturated heterocycles. The van der Waals surface area contributed by atoms with E-state index in [-0.39, 0.29) is 5.56 Å². The molecule has 1 aromatic carbocycles. The molecule has 0 aliphatic carbocycles. The average molecular weight is 282 g/mol. The van der Waals surface area contributed by atoms with E-state index in [0.29, 0.717) is 11.6 Å². The number of rotatable bonds is 2. The molecule has 20 heavy (non-hydrogen) atoms. The Labute approximate surface area is 116 Å². The van der Waals surface area contributed by atoms with Crippen LogP contribution in [-0.4, -0.2) is 13.1 Å². The van der Waals surface area contributed by atoms with Gasteiger partial charge in [-0.05, 0) is 37.0 Å². The number of hydrogen-bond donors (Lipinski definition) is 0. The molecule has 1 aliphatic heterocycles. The Balaban J connectivity index is 2.32. The summed E-state index contributed by atoms with van der Waals surface area (Å²) in [7, 11) is 0. The van der Waals surface area contributed by atoms with Crippen molar-refractivity contribution in [3.8, 4) is 6.07 Å². The summed E-state index contributed by atoms with van der Waals surface area (Å²) < 4.78 is 38.9. The van der Waals surface area contributed by atoms with Crippen LogP contribution in [0.4, 0.5) is 18.9 Å². The smallest absolute Gasteiger partial charge is 0.371 e. The van der Waals surface area contributed by atoms with Gasteiger partial charge < -0.3 is 4.90 Å². The molecule has 0 N–H and O–H groups in total. The minimum Gasteiger partial charge on any atom is -0.371 e. The maximum Gasteiger partial charge on any atom is 0.417 e. The van der Waals surface area contributed by atoms with Crippen molar-refractivity contribution in [2.24, 2.45) is 5.92 Å². The number of nitriles is 1. The van der Waals surface area contributed by atoms with Crippen molar-refractivity contribution >= 4 is 5.69 Å². The van der Waals surface area contributed by atoms with Crippen LogP contribution in [-0.2, 0) is 6.18 Å². The van der Waals surface area contributed by atoms with E-state index in [4.69, 9.17) is 5.26 Å². The van der Waals surface area contributed by atoms with Crippen molar-refractivity contribution in [2.45, 2.75) is 32.4 Å². The lowest BCUT2D eigenvalue weighted by atomic mass is 9.95. The van der Waals surface area contributed by atoms with Gasteiger partial charge in [0, 0.05) is 18.8 Å². The van der Waals surface area contributed by atoms with Gasteiger partial charge in [-0.1, -0.05) is 13.3 Å². The van der Waals surface area contributed by atoms with Crippen molar-refractivity contribution in [3.05, 3.63) is 29.3 Å². The first kappa shape index (κ1) is 14.7. The second-order valence-corrected chi connectivity index (χ2v) is 5.20. The van der Waals surface area contributed by atoms with Crippen LogP contribution in [0, 0.1) is 17.2 Å². The molecule has 0 spiro atoms. The molecule has 1 unspecified atom stereocenters. The zero-order chi connectivity index (χ0) is 14.8. The van der Waals surface area contributed by atoms with Crippen LogP contribution in [0.15, 0.2) is 18.2 Å². The van der Waals surface area contributed by atoms with Gasteiger partial charge >= 0.3 is 6.18 Å². The van der Waals surface area contributed by atoms with Gasteiger partial charge in [0.15, 0.2) is 0 Å². The number of hydrogen-bond acceptors (Lipinski definition) is 2. The molecule has 5 heteroatoms. The highest BCUT2D eigenvalue weighted by atomic mass is 19.4. The van der Waals surface area contributed by atoms with Crippen molar-refractivity contribution in [3.63, 3.8) is 0 Å². The number of benzene rings is 1. The van der Waals surface area contributed by atoms with Gasteiger partial charge in [0.05, 0.1) is 17.2 Å². The summed E-state index contributed by atoms with van der Waals surface area (Å²) in [5.74, 6) is 0.536. The summed E-state index contributed by atoms with van der Waals surface area (Å²) >= 11 is 0. The van der Waals surface area contributed by atoms with Crippen molar-refractivity contribution < 1.29 is 13.2 Å². The third-order valence-corrected chi connectivity index (χ3v) is 3.89. The molecule has 1 aliphatic rings. The van der Waals surface area contributed by atoms with Crippen LogP contribution in [0.1, 0.15) is 37.3 Å². The van der Waals surface area contributed by atoms with Crippen LogP contribution in [0.3, 0.4) is 0 Å². The van der Waals surface area contributed by atoms with Gasteiger partial charge in [0.1, 0.15) is 0 Å². The first-order valence-corrected chi connectivity index (χ1v) is 6.82. The van der Waals surface area contributed by atoms with Crippen LogP contribution in [0.25, 0.3) is 0 Å². The van der Waals surface area contributed by atoms with Gasteiger partial charge in [-0.2, -0.15) is 18.4 Å². The fourth-order valence-electron chi connectivity index (χ4n) is 2.69.